The van der Waals surface area contributed by atoms with Gasteiger partial charge in [-0.05, 0) is 17.7 Å². The number of nitrogens with one attached hydrogen (secondary N) is 3. The van der Waals surface area contributed by atoms with Crippen molar-refractivity contribution in [3.63, 3.8) is 0 Å². The van der Waals surface area contributed by atoms with E-state index in [2.05, 4.69) is 35.3 Å². The van der Waals surface area contributed by atoms with E-state index in [1.165, 1.54) is 6.92 Å². The first kappa shape index (κ1) is 13.9. The minimum Gasteiger partial charge on any atom is -0.326 e. The van der Waals surface area contributed by atoms with Crippen LogP contribution in [0.3, 0.4) is 0 Å². The van der Waals surface area contributed by atoms with E-state index < -0.39 is 0 Å². The molecule has 0 bridgehead atoms. The van der Waals surface area contributed by atoms with Gasteiger partial charge in [0, 0.05) is 12.3 Å². The van der Waals surface area contributed by atoms with Crippen LogP contribution in [-0.2, 0) is 4.79 Å². The number of aromatic nitrogens is 2. The van der Waals surface area contributed by atoms with E-state index in [1.807, 2.05) is 12.1 Å². The van der Waals surface area contributed by atoms with Crippen molar-refractivity contribution in [3.05, 3.63) is 42.1 Å². The molecule has 1 aromatic heterocycles. The number of rotatable bonds is 2. The zero-order valence-electron chi connectivity index (χ0n) is 10.2. The van der Waals surface area contributed by atoms with Crippen molar-refractivity contribution in [2.24, 2.45) is 0 Å². The lowest BCUT2D eigenvalue weighted by atomic mass is 10.1. The average Bonchev–Trinajstić information content (AvgIpc) is 2.71. The van der Waals surface area contributed by atoms with Crippen molar-refractivity contribution in [1.82, 2.24) is 10.2 Å². The third kappa shape index (κ3) is 2.75. The number of anilines is 1. The number of fused-ring (bicyclic) bond motifs is 1. The van der Waals surface area contributed by atoms with E-state index in [-0.39, 0.29) is 5.91 Å². The van der Waals surface area contributed by atoms with E-state index in [1.54, 1.807) is 6.08 Å². The lowest BCUT2D eigenvalue weighted by Gasteiger charge is -2.06. The molecule has 0 saturated carbocycles. The van der Waals surface area contributed by atoms with Gasteiger partial charge in [0.2, 0.25) is 5.91 Å². The number of H-pyrrole nitrogens is 2. The van der Waals surface area contributed by atoms with Gasteiger partial charge in [-0.3, -0.25) is 15.0 Å². The predicted octanol–water partition coefficient (Wildman–Crippen LogP) is 3.63. The van der Waals surface area contributed by atoms with E-state index in [0.29, 0.717) is 4.64 Å². The summed E-state index contributed by atoms with van der Waals surface area (Å²) in [6.45, 7) is 11.2. The molecule has 0 spiro atoms. The molecule has 0 aliphatic rings. The Morgan fingerprint density at radius 1 is 1.39 bits per heavy atom. The van der Waals surface area contributed by atoms with Crippen molar-refractivity contribution in [2.45, 2.75) is 6.92 Å². The van der Waals surface area contributed by atoms with Gasteiger partial charge >= 0.3 is 0 Å². The van der Waals surface area contributed by atoms with Crippen LogP contribution in [0.4, 0.5) is 5.69 Å². The smallest absolute Gasteiger partial charge is 0.221 e. The summed E-state index contributed by atoms with van der Waals surface area (Å²) in [4.78, 5) is 11.0. The molecular formula is C13H15N3OS. The second kappa shape index (κ2) is 5.97. The molecule has 0 aliphatic heterocycles. The summed E-state index contributed by atoms with van der Waals surface area (Å²) in [6.07, 6.45) is 1.69. The molecule has 0 saturated heterocycles. The maximum atomic E-state index is 11.0. The van der Waals surface area contributed by atoms with Crippen LogP contribution in [0.1, 0.15) is 12.5 Å². The highest BCUT2D eigenvalue weighted by atomic mass is 32.1. The Bertz CT molecular complexity index is 639. The number of amides is 1. The Morgan fingerprint density at radius 2 is 2.06 bits per heavy atom. The van der Waals surface area contributed by atoms with E-state index in [0.717, 1.165) is 22.2 Å². The van der Waals surface area contributed by atoms with Gasteiger partial charge in [0.1, 0.15) is 4.64 Å². The lowest BCUT2D eigenvalue weighted by Crippen LogP contribution is -2.06. The second-order valence-electron chi connectivity index (χ2n) is 3.45. The second-order valence-corrected chi connectivity index (χ2v) is 3.86. The minimum atomic E-state index is -0.114. The molecule has 0 unspecified atom stereocenters. The predicted molar refractivity (Wildman–Crippen MR) is 79.1 cm³/mol. The summed E-state index contributed by atoms with van der Waals surface area (Å²) in [5.74, 6) is -0.114. The molecule has 0 aliphatic carbocycles. The van der Waals surface area contributed by atoms with Gasteiger partial charge in [0.25, 0.3) is 0 Å². The van der Waals surface area contributed by atoms with Crippen LogP contribution < -0.4 is 5.32 Å². The fourth-order valence-corrected chi connectivity index (χ4v) is 1.79. The lowest BCUT2D eigenvalue weighted by molar-refractivity contribution is -0.114. The van der Waals surface area contributed by atoms with Crippen LogP contribution in [-0.4, -0.2) is 16.1 Å². The molecule has 18 heavy (non-hydrogen) atoms. The monoisotopic (exact) mass is 261 g/mol. The molecular weight excluding hydrogens is 246 g/mol. The Morgan fingerprint density at radius 3 is 2.61 bits per heavy atom. The molecule has 94 valence electrons. The Balaban J connectivity index is 0.000000771. The highest BCUT2D eigenvalue weighted by Gasteiger charge is 2.06. The number of hydrogen-bond acceptors (Lipinski definition) is 2. The van der Waals surface area contributed by atoms with Crippen LogP contribution in [0, 0.1) is 4.64 Å². The molecule has 0 radical (unpaired) electrons. The Kier molecular flexibility index (Phi) is 4.62. The first-order chi connectivity index (χ1) is 8.61. The highest BCUT2D eigenvalue weighted by Crippen LogP contribution is 2.24. The standard InChI is InChI=1S/C11H11N3OS.C2H4/c1-3-7-4-8-10(13-14-11(8)16)5-9(7)12-6(2)15;1-2/h3-5H,1H2,2H3,(H,12,15)(H2,13,14,16);1-2H2. The van der Waals surface area contributed by atoms with Crippen molar-refractivity contribution in [2.75, 3.05) is 5.32 Å². The molecule has 1 heterocycles. The van der Waals surface area contributed by atoms with E-state index >= 15 is 0 Å². The van der Waals surface area contributed by atoms with Gasteiger partial charge in [0.15, 0.2) is 0 Å². The first-order valence-electron chi connectivity index (χ1n) is 5.26. The molecule has 3 N–H and O–H groups in total. The van der Waals surface area contributed by atoms with Crippen LogP contribution in [0.5, 0.6) is 0 Å². The summed E-state index contributed by atoms with van der Waals surface area (Å²) in [6, 6.07) is 3.73. The van der Waals surface area contributed by atoms with E-state index in [4.69, 9.17) is 12.2 Å². The average molecular weight is 261 g/mol. The fraction of sp³-hybridized carbons (Fsp3) is 0.0769. The molecule has 4 nitrogen and oxygen atoms in total. The van der Waals surface area contributed by atoms with Gasteiger partial charge in [-0.25, -0.2) is 0 Å². The quantitative estimate of drug-likeness (QED) is 0.571. The van der Waals surface area contributed by atoms with Crippen LogP contribution >= 0.6 is 12.2 Å². The van der Waals surface area contributed by atoms with Crippen LogP contribution in [0.2, 0.25) is 0 Å². The molecule has 2 rings (SSSR count). The number of carbonyl (C=O) groups is 1. The summed E-state index contributed by atoms with van der Waals surface area (Å²) >= 11 is 5.12. The third-order valence-corrected chi connectivity index (χ3v) is 2.60. The molecule has 5 heteroatoms. The Hall–Kier alpha value is -2.14. The van der Waals surface area contributed by atoms with Crippen LogP contribution in [0.25, 0.3) is 17.0 Å². The summed E-state index contributed by atoms with van der Waals surface area (Å²) in [5, 5.41) is 9.45. The number of hydrogen-bond donors (Lipinski definition) is 3. The van der Waals surface area contributed by atoms with Crippen molar-refractivity contribution in [3.8, 4) is 0 Å². The van der Waals surface area contributed by atoms with Gasteiger partial charge in [-0.2, -0.15) is 0 Å². The number of aromatic amines is 2. The van der Waals surface area contributed by atoms with Gasteiger partial charge in [-0.1, -0.05) is 24.9 Å². The van der Waals surface area contributed by atoms with E-state index in [9.17, 15) is 4.79 Å². The highest BCUT2D eigenvalue weighted by molar-refractivity contribution is 7.71. The number of carbonyl (C=O) groups excluding carboxylic acids is 1. The normalized spacial score (nSPS) is 9.39. The maximum Gasteiger partial charge on any atom is 0.221 e. The molecule has 1 amide bonds. The van der Waals surface area contributed by atoms with Gasteiger partial charge < -0.3 is 5.32 Å². The molecule has 0 atom stereocenters. The third-order valence-electron chi connectivity index (χ3n) is 2.28. The minimum absolute atomic E-state index is 0.114. The molecule has 1 aromatic carbocycles. The summed E-state index contributed by atoms with van der Waals surface area (Å²) in [5.41, 5.74) is 2.43. The first-order valence-corrected chi connectivity index (χ1v) is 5.67. The molecule has 0 fully saturated rings. The van der Waals surface area contributed by atoms with Crippen molar-refractivity contribution in [1.29, 1.82) is 0 Å². The fourth-order valence-electron chi connectivity index (χ4n) is 1.57. The topological polar surface area (TPSA) is 60.7 Å². The SMILES string of the molecule is C=C.C=Cc1cc2c(=S)[nH][nH]c2cc1NC(C)=O. The number of benzene rings is 1. The largest absolute Gasteiger partial charge is 0.326 e. The molecule has 2 aromatic rings. The summed E-state index contributed by atoms with van der Waals surface area (Å²) < 4.78 is 0.646. The maximum absolute atomic E-state index is 11.0. The van der Waals surface area contributed by atoms with Gasteiger partial charge in [0.05, 0.1) is 11.2 Å². The van der Waals surface area contributed by atoms with Crippen LogP contribution in [0.15, 0.2) is 31.9 Å². The summed E-state index contributed by atoms with van der Waals surface area (Å²) in [7, 11) is 0. The van der Waals surface area contributed by atoms with Gasteiger partial charge in [-0.15, -0.1) is 13.2 Å². The van der Waals surface area contributed by atoms with Crippen molar-refractivity contribution < 1.29 is 4.79 Å². The van der Waals surface area contributed by atoms with Crippen molar-refractivity contribution >= 4 is 40.8 Å². The Labute approximate surface area is 110 Å². The zero-order chi connectivity index (χ0) is 13.7. The zero-order valence-corrected chi connectivity index (χ0v) is 11.0.